The normalized spacial score (nSPS) is 18.8. The summed E-state index contributed by atoms with van der Waals surface area (Å²) >= 11 is 0. The Labute approximate surface area is 213 Å². The fourth-order valence-corrected chi connectivity index (χ4v) is 4.75. The minimum absolute atomic E-state index is 0.0240. The highest BCUT2D eigenvalue weighted by atomic mass is 16.6. The van der Waals surface area contributed by atoms with Crippen LogP contribution in [0.25, 0.3) is 10.9 Å². The lowest BCUT2D eigenvalue weighted by molar-refractivity contribution is -0.136. The third kappa shape index (κ3) is 5.57. The van der Waals surface area contributed by atoms with Gasteiger partial charge in [-0.2, -0.15) is 10.1 Å². The van der Waals surface area contributed by atoms with Crippen molar-refractivity contribution >= 4 is 22.9 Å². The molecule has 0 saturated carbocycles. The van der Waals surface area contributed by atoms with Crippen LogP contribution < -0.4 is 10.3 Å². The molecule has 12 nitrogen and oxygen atoms in total. The number of fused-ring (bicyclic) bond motifs is 1. The van der Waals surface area contributed by atoms with Crippen molar-refractivity contribution in [3.8, 4) is 11.8 Å². The maximum absolute atomic E-state index is 13.2. The zero-order chi connectivity index (χ0) is 26.2. The number of likely N-dealkylation sites (tertiary alicyclic amines) is 2. The lowest BCUT2D eigenvalue weighted by Gasteiger charge is -2.34. The summed E-state index contributed by atoms with van der Waals surface area (Å²) in [5.41, 5.74) is -0.404. The van der Waals surface area contributed by atoms with Crippen LogP contribution in [0.3, 0.4) is 0 Å². The van der Waals surface area contributed by atoms with E-state index in [9.17, 15) is 14.4 Å². The van der Waals surface area contributed by atoms with Gasteiger partial charge in [0.15, 0.2) is 5.75 Å². The fourth-order valence-electron chi connectivity index (χ4n) is 4.75. The number of hydrogen-bond acceptors (Lipinski definition) is 8. The lowest BCUT2D eigenvalue weighted by atomic mass is 9.95. The van der Waals surface area contributed by atoms with Gasteiger partial charge in [0, 0.05) is 38.3 Å². The maximum Gasteiger partial charge on any atom is 0.410 e. The summed E-state index contributed by atoms with van der Waals surface area (Å²) in [5, 5.41) is 4.84. The highest BCUT2D eigenvalue weighted by molar-refractivity contribution is 5.79. The highest BCUT2D eigenvalue weighted by Gasteiger charge is 2.35. The van der Waals surface area contributed by atoms with Crippen LogP contribution in [-0.2, 0) is 9.53 Å². The zero-order valence-corrected chi connectivity index (χ0v) is 21.2. The van der Waals surface area contributed by atoms with Gasteiger partial charge in [0.05, 0.1) is 35.5 Å². The van der Waals surface area contributed by atoms with Crippen LogP contribution in [0.2, 0.25) is 0 Å². The van der Waals surface area contributed by atoms with Gasteiger partial charge in [0.1, 0.15) is 5.60 Å². The Morgan fingerprint density at radius 2 is 1.84 bits per heavy atom. The maximum atomic E-state index is 13.2. The molecule has 0 aliphatic carbocycles. The van der Waals surface area contributed by atoms with Gasteiger partial charge >= 0.3 is 12.1 Å². The topological polar surface area (TPSA) is 136 Å². The number of carbonyl (C=O) groups excluding carboxylic acids is 2. The molecule has 196 valence electrons. The molecule has 2 fully saturated rings. The number of aromatic amines is 1. The summed E-state index contributed by atoms with van der Waals surface area (Å²) in [7, 11) is 0. The number of aromatic nitrogens is 5. The number of amides is 2. The van der Waals surface area contributed by atoms with E-state index in [1.165, 1.54) is 12.4 Å². The molecule has 2 saturated heterocycles. The monoisotopic (exact) mass is 509 g/mol. The van der Waals surface area contributed by atoms with Crippen LogP contribution in [-0.4, -0.2) is 78.3 Å². The minimum Gasteiger partial charge on any atom is -0.444 e. The van der Waals surface area contributed by atoms with Crippen LogP contribution in [0.5, 0.6) is 11.8 Å². The van der Waals surface area contributed by atoms with E-state index in [0.29, 0.717) is 55.7 Å². The Balaban J connectivity index is 1.15. The number of hydrogen-bond donors (Lipinski definition) is 1. The van der Waals surface area contributed by atoms with Crippen LogP contribution in [0.1, 0.15) is 46.1 Å². The number of ether oxygens (including phenoxy) is 2. The molecular weight excluding hydrogens is 478 g/mol. The summed E-state index contributed by atoms with van der Waals surface area (Å²) in [6, 6.07) is 1.68. The predicted molar refractivity (Wildman–Crippen MR) is 133 cm³/mol. The van der Waals surface area contributed by atoms with Crippen molar-refractivity contribution in [1.82, 2.24) is 34.5 Å². The summed E-state index contributed by atoms with van der Waals surface area (Å²) in [6.07, 6.45) is 8.06. The zero-order valence-electron chi connectivity index (χ0n) is 21.2. The van der Waals surface area contributed by atoms with E-state index in [4.69, 9.17) is 9.47 Å². The Kier molecular flexibility index (Phi) is 6.57. The van der Waals surface area contributed by atoms with Crippen molar-refractivity contribution in [1.29, 1.82) is 0 Å². The number of nitrogens with zero attached hydrogens (tertiary/aromatic N) is 6. The second-order valence-corrected chi connectivity index (χ2v) is 10.5. The van der Waals surface area contributed by atoms with Crippen LogP contribution in [0, 0.1) is 5.92 Å². The van der Waals surface area contributed by atoms with Gasteiger partial charge in [-0.3, -0.25) is 24.2 Å². The summed E-state index contributed by atoms with van der Waals surface area (Å²) < 4.78 is 13.0. The van der Waals surface area contributed by atoms with Gasteiger partial charge in [-0.25, -0.2) is 4.79 Å². The average Bonchev–Trinajstić information content (AvgIpc) is 3.53. The van der Waals surface area contributed by atoms with Crippen LogP contribution in [0.4, 0.5) is 4.79 Å². The first-order valence-corrected chi connectivity index (χ1v) is 12.5. The van der Waals surface area contributed by atoms with E-state index in [0.717, 1.165) is 6.42 Å². The molecule has 5 heterocycles. The summed E-state index contributed by atoms with van der Waals surface area (Å²) in [4.78, 5) is 52.2. The molecule has 1 N–H and O–H groups in total. The van der Waals surface area contributed by atoms with Gasteiger partial charge < -0.3 is 19.3 Å². The van der Waals surface area contributed by atoms with E-state index < -0.39 is 5.60 Å². The third-order valence-electron chi connectivity index (χ3n) is 6.62. The van der Waals surface area contributed by atoms with E-state index >= 15 is 0 Å². The van der Waals surface area contributed by atoms with Crippen LogP contribution >= 0.6 is 0 Å². The molecule has 0 bridgehead atoms. The molecule has 2 aliphatic heterocycles. The minimum atomic E-state index is -0.535. The predicted octanol–water partition coefficient (Wildman–Crippen LogP) is 2.73. The molecular formula is C25H31N7O5. The van der Waals surface area contributed by atoms with Crippen molar-refractivity contribution < 1.29 is 19.1 Å². The molecule has 1 atom stereocenters. The molecule has 12 heteroatoms. The second-order valence-electron chi connectivity index (χ2n) is 10.5. The first kappa shape index (κ1) is 24.7. The van der Waals surface area contributed by atoms with Gasteiger partial charge in [-0.15, -0.1) is 0 Å². The number of H-pyrrole nitrogens is 1. The second kappa shape index (κ2) is 9.83. The molecule has 0 radical (unpaired) electrons. The molecule has 3 aromatic heterocycles. The smallest absolute Gasteiger partial charge is 0.410 e. The SMILES string of the molecule is CC(C)(C)OC(=O)N1CCC(C(=O)N2CC[C@H](n3cc(Oc4nc5cnccc5c(=O)[nH]4)cn3)C2)CC1. The van der Waals surface area contributed by atoms with E-state index in [1.807, 2.05) is 25.7 Å². The number of pyridine rings is 1. The molecule has 37 heavy (non-hydrogen) atoms. The molecule has 3 aromatic rings. The standard InChI is InChI=1S/C25H31N7O5/c1-25(2,3)37-24(35)30-9-5-16(6-10-30)22(34)31-11-7-17(14-31)32-15-18(12-27-32)36-23-28-20-13-26-8-4-19(20)21(33)29-23/h4,8,12-13,15-17H,5-7,9-11,14H2,1-3H3,(H,28,29,33)/t17-/m0/s1. The fraction of sp³-hybridized carbons (Fsp3) is 0.520. The largest absolute Gasteiger partial charge is 0.444 e. The first-order valence-electron chi connectivity index (χ1n) is 12.5. The summed E-state index contributed by atoms with van der Waals surface area (Å²) in [6.45, 7) is 7.78. The molecule has 2 amide bonds. The Hall–Kier alpha value is -3.96. The molecule has 2 aliphatic rings. The molecule has 0 unspecified atom stereocenters. The Bertz CT molecular complexity index is 1350. The number of nitrogens with one attached hydrogen (secondary N) is 1. The number of rotatable bonds is 4. The number of piperidine rings is 1. The third-order valence-corrected chi connectivity index (χ3v) is 6.62. The van der Waals surface area contributed by atoms with Crippen molar-refractivity contribution in [2.75, 3.05) is 26.2 Å². The highest BCUT2D eigenvalue weighted by Crippen LogP contribution is 2.28. The van der Waals surface area contributed by atoms with Crippen molar-refractivity contribution in [2.24, 2.45) is 5.92 Å². The van der Waals surface area contributed by atoms with Crippen molar-refractivity contribution in [3.05, 3.63) is 41.2 Å². The molecule has 0 spiro atoms. The molecule has 5 rings (SSSR count). The van der Waals surface area contributed by atoms with Gasteiger partial charge in [-0.1, -0.05) is 0 Å². The summed E-state index contributed by atoms with van der Waals surface area (Å²) in [5.74, 6) is 0.464. The van der Waals surface area contributed by atoms with Crippen LogP contribution in [0.15, 0.2) is 35.6 Å². The van der Waals surface area contributed by atoms with Crippen molar-refractivity contribution in [2.45, 2.75) is 51.7 Å². The molecule has 0 aromatic carbocycles. The number of carbonyl (C=O) groups is 2. The quantitative estimate of drug-likeness (QED) is 0.567. The Morgan fingerprint density at radius 3 is 2.59 bits per heavy atom. The van der Waals surface area contributed by atoms with E-state index in [-0.39, 0.29) is 35.5 Å². The lowest BCUT2D eigenvalue weighted by Crippen LogP contribution is -2.45. The first-order chi connectivity index (χ1) is 17.7. The van der Waals surface area contributed by atoms with Crippen molar-refractivity contribution in [3.63, 3.8) is 0 Å². The van der Waals surface area contributed by atoms with Gasteiger partial charge in [-0.05, 0) is 46.1 Å². The van der Waals surface area contributed by atoms with Gasteiger partial charge in [0.25, 0.3) is 5.56 Å². The Morgan fingerprint density at radius 1 is 1.08 bits per heavy atom. The van der Waals surface area contributed by atoms with E-state index in [1.54, 1.807) is 28.0 Å². The average molecular weight is 510 g/mol. The van der Waals surface area contributed by atoms with Gasteiger partial charge in [0.2, 0.25) is 5.91 Å². The van der Waals surface area contributed by atoms with E-state index in [2.05, 4.69) is 20.1 Å².